The van der Waals surface area contributed by atoms with Crippen LogP contribution in [-0.4, -0.2) is 71.6 Å². The van der Waals surface area contributed by atoms with Gasteiger partial charge in [0.2, 0.25) is 0 Å². The van der Waals surface area contributed by atoms with Crippen LogP contribution >= 0.6 is 0 Å². The molecule has 3 N–H and O–H groups in total. The molecular formula is C24H36F2N2O7. The maximum atomic E-state index is 14.7. The van der Waals surface area contributed by atoms with Crippen molar-refractivity contribution in [2.24, 2.45) is 0 Å². The van der Waals surface area contributed by atoms with E-state index in [9.17, 15) is 23.2 Å². The summed E-state index contributed by atoms with van der Waals surface area (Å²) in [6.45, 7) is 8.87. The summed E-state index contributed by atoms with van der Waals surface area (Å²) < 4.78 is 40.0. The number of nitrogens with one attached hydrogen (secondary N) is 1. The number of hydrogen-bond acceptors (Lipinski definition) is 8. The Morgan fingerprint density at radius 2 is 1.43 bits per heavy atom. The van der Waals surface area contributed by atoms with Crippen LogP contribution in [0.1, 0.15) is 64.7 Å². The monoisotopic (exact) mass is 502 g/mol. The molecule has 1 amide bonds. The number of rotatable bonds is 11. The van der Waals surface area contributed by atoms with Gasteiger partial charge >= 0.3 is 11.9 Å². The van der Waals surface area contributed by atoms with E-state index in [-0.39, 0.29) is 25.9 Å². The number of anilines is 1. The van der Waals surface area contributed by atoms with E-state index in [0.29, 0.717) is 0 Å². The molecule has 0 heterocycles. The second-order valence-electron chi connectivity index (χ2n) is 9.91. The van der Waals surface area contributed by atoms with Gasteiger partial charge in [0.25, 0.3) is 5.91 Å². The lowest BCUT2D eigenvalue weighted by atomic mass is 10.1. The van der Waals surface area contributed by atoms with Crippen LogP contribution in [0.15, 0.2) is 12.1 Å². The second-order valence-corrected chi connectivity index (χ2v) is 9.91. The van der Waals surface area contributed by atoms with Crippen LogP contribution in [-0.2, 0) is 19.1 Å². The maximum absolute atomic E-state index is 14.7. The smallest absolute Gasteiger partial charge is 0.329 e. The molecule has 9 nitrogen and oxygen atoms in total. The average Bonchev–Trinajstić information content (AvgIpc) is 2.68. The Balaban J connectivity index is 3.13. The van der Waals surface area contributed by atoms with Gasteiger partial charge in [-0.15, -0.1) is 0 Å². The summed E-state index contributed by atoms with van der Waals surface area (Å²) in [5, 5.41) is 20.6. The van der Waals surface area contributed by atoms with Gasteiger partial charge in [0.15, 0.2) is 0 Å². The number of amides is 1. The Kier molecular flexibility index (Phi) is 11.0. The van der Waals surface area contributed by atoms with E-state index < -0.39 is 71.2 Å². The molecule has 198 valence electrons. The minimum atomic E-state index is -1.28. The molecule has 35 heavy (non-hydrogen) atoms. The molecule has 1 atom stereocenters. The molecule has 11 heteroatoms. The normalized spacial score (nSPS) is 12.6. The Morgan fingerprint density at radius 1 is 0.943 bits per heavy atom. The topological polar surface area (TPSA) is 125 Å². The van der Waals surface area contributed by atoms with Gasteiger partial charge in [-0.3, -0.25) is 9.59 Å². The molecule has 0 fully saturated rings. The highest BCUT2D eigenvalue weighted by atomic mass is 19.1. The highest BCUT2D eigenvalue weighted by molar-refractivity contribution is 5.97. The number of nitrogens with zero attached hydrogens (tertiary/aromatic N) is 1. The lowest BCUT2D eigenvalue weighted by Crippen LogP contribution is -2.44. The second kappa shape index (κ2) is 12.8. The zero-order valence-electron chi connectivity index (χ0n) is 21.1. The van der Waals surface area contributed by atoms with Gasteiger partial charge < -0.3 is 29.9 Å². The minimum Gasteiger partial charge on any atom is -0.460 e. The van der Waals surface area contributed by atoms with Gasteiger partial charge in [0.1, 0.15) is 34.6 Å². The van der Waals surface area contributed by atoms with Gasteiger partial charge in [-0.05, 0) is 60.1 Å². The van der Waals surface area contributed by atoms with Crippen molar-refractivity contribution in [2.75, 3.05) is 31.2 Å². The Labute approximate surface area is 204 Å². The van der Waals surface area contributed by atoms with Crippen LogP contribution in [0.3, 0.4) is 0 Å². The molecule has 0 aromatic heterocycles. The minimum absolute atomic E-state index is 0.134. The van der Waals surface area contributed by atoms with Crippen LogP contribution in [0, 0.1) is 11.6 Å². The standard InChI is InChI=1S/C24H36F2N2O7/c1-23(2,3)34-19(31)8-7-18(22(33)35-24(4,5)6)27-21(32)15-13-16(25)20(17(26)14-15)28(9-11-29)10-12-30/h13-14,18,29-30H,7-12H2,1-6H3,(H,27,32)/t18-/m0/s1. The molecule has 0 aliphatic carbocycles. The summed E-state index contributed by atoms with van der Waals surface area (Å²) >= 11 is 0. The van der Waals surface area contributed by atoms with E-state index in [4.69, 9.17) is 19.7 Å². The summed E-state index contributed by atoms with van der Waals surface area (Å²) in [7, 11) is 0. The number of ether oxygens (including phenoxy) is 2. The van der Waals surface area contributed by atoms with E-state index in [1.165, 1.54) is 0 Å². The van der Waals surface area contributed by atoms with Crippen molar-refractivity contribution in [2.45, 2.75) is 71.6 Å². The number of benzene rings is 1. The predicted molar refractivity (Wildman–Crippen MR) is 125 cm³/mol. The Hall–Kier alpha value is -2.79. The third kappa shape index (κ3) is 10.6. The molecule has 1 aromatic carbocycles. The molecule has 0 spiro atoms. The van der Waals surface area contributed by atoms with E-state index in [2.05, 4.69) is 5.32 Å². The van der Waals surface area contributed by atoms with Crippen molar-refractivity contribution in [1.82, 2.24) is 5.32 Å². The summed E-state index contributed by atoms with van der Waals surface area (Å²) in [6, 6.07) is 0.297. The molecule has 0 aliphatic heterocycles. The van der Waals surface area contributed by atoms with Crippen LogP contribution < -0.4 is 10.2 Å². The number of aliphatic hydroxyl groups excluding tert-OH is 2. The number of carbonyl (C=O) groups excluding carboxylic acids is 3. The number of halogens is 2. The summed E-state index contributed by atoms with van der Waals surface area (Å²) in [4.78, 5) is 38.6. The number of carbonyl (C=O) groups is 3. The zero-order valence-corrected chi connectivity index (χ0v) is 21.1. The first kappa shape index (κ1) is 30.2. The van der Waals surface area contributed by atoms with Gasteiger partial charge in [0, 0.05) is 25.1 Å². The van der Waals surface area contributed by atoms with Crippen LogP contribution in [0.25, 0.3) is 0 Å². The molecule has 0 aliphatic rings. The van der Waals surface area contributed by atoms with E-state index in [0.717, 1.165) is 17.0 Å². The average molecular weight is 503 g/mol. The van der Waals surface area contributed by atoms with Crippen molar-refractivity contribution >= 4 is 23.5 Å². The first-order valence-corrected chi connectivity index (χ1v) is 11.3. The van der Waals surface area contributed by atoms with Gasteiger partial charge in [-0.1, -0.05) is 0 Å². The molecule has 0 saturated carbocycles. The predicted octanol–water partition coefficient (Wildman–Crippen LogP) is 2.32. The first-order chi connectivity index (χ1) is 16.1. The first-order valence-electron chi connectivity index (χ1n) is 11.3. The highest BCUT2D eigenvalue weighted by Crippen LogP contribution is 2.25. The van der Waals surface area contributed by atoms with E-state index >= 15 is 0 Å². The Morgan fingerprint density at radius 3 is 1.86 bits per heavy atom. The van der Waals surface area contributed by atoms with Crippen LogP contribution in [0.4, 0.5) is 14.5 Å². The molecule has 0 saturated heterocycles. The van der Waals surface area contributed by atoms with Crippen molar-refractivity contribution in [3.8, 4) is 0 Å². The van der Waals surface area contributed by atoms with Crippen molar-refractivity contribution in [3.05, 3.63) is 29.3 Å². The van der Waals surface area contributed by atoms with Crippen molar-refractivity contribution < 1.29 is 42.9 Å². The number of hydrogen-bond donors (Lipinski definition) is 3. The number of esters is 2. The van der Waals surface area contributed by atoms with E-state index in [1.54, 1.807) is 41.5 Å². The third-order valence-corrected chi connectivity index (χ3v) is 4.39. The van der Waals surface area contributed by atoms with Crippen molar-refractivity contribution in [1.29, 1.82) is 0 Å². The lowest BCUT2D eigenvalue weighted by molar-refractivity contribution is -0.158. The number of aliphatic hydroxyl groups is 2. The zero-order chi connectivity index (χ0) is 27.0. The fraction of sp³-hybridized carbons (Fsp3) is 0.625. The van der Waals surface area contributed by atoms with Gasteiger partial charge in [0.05, 0.1) is 13.2 Å². The van der Waals surface area contributed by atoms with Gasteiger partial charge in [-0.25, -0.2) is 13.6 Å². The van der Waals surface area contributed by atoms with Crippen LogP contribution in [0.5, 0.6) is 0 Å². The fourth-order valence-corrected chi connectivity index (χ4v) is 3.09. The summed E-state index contributed by atoms with van der Waals surface area (Å²) in [5.74, 6) is -4.52. The van der Waals surface area contributed by atoms with E-state index in [1.807, 2.05) is 0 Å². The Bertz CT molecular complexity index is 866. The molecular weight excluding hydrogens is 466 g/mol. The van der Waals surface area contributed by atoms with Crippen molar-refractivity contribution in [3.63, 3.8) is 0 Å². The SMILES string of the molecule is CC(C)(C)OC(=O)CC[C@H](NC(=O)c1cc(F)c(N(CCO)CCO)c(F)c1)C(=O)OC(C)(C)C. The quantitative estimate of drug-likeness (QED) is 0.394. The molecule has 1 rings (SSSR count). The largest absolute Gasteiger partial charge is 0.460 e. The summed E-state index contributed by atoms with van der Waals surface area (Å²) in [5.41, 5.74) is -2.52. The third-order valence-electron chi connectivity index (χ3n) is 4.39. The fourth-order valence-electron chi connectivity index (χ4n) is 3.09. The molecule has 0 bridgehead atoms. The molecule has 0 radical (unpaired) electrons. The summed E-state index contributed by atoms with van der Waals surface area (Å²) in [6.07, 6.45) is -0.361. The maximum Gasteiger partial charge on any atom is 0.329 e. The highest BCUT2D eigenvalue weighted by Gasteiger charge is 2.29. The molecule has 1 aromatic rings. The molecule has 0 unspecified atom stereocenters. The lowest BCUT2D eigenvalue weighted by Gasteiger charge is -2.26. The van der Waals surface area contributed by atoms with Crippen LogP contribution in [0.2, 0.25) is 0 Å². The van der Waals surface area contributed by atoms with Gasteiger partial charge in [-0.2, -0.15) is 0 Å².